The zero-order valence-corrected chi connectivity index (χ0v) is 12.3. The van der Waals surface area contributed by atoms with E-state index in [2.05, 4.69) is 5.32 Å². The maximum absolute atomic E-state index is 12.2. The van der Waals surface area contributed by atoms with E-state index < -0.39 is 21.5 Å². The molecule has 6 nitrogen and oxygen atoms in total. The normalized spacial score (nSPS) is 12.5. The Morgan fingerprint density at radius 3 is 2.26 bits per heavy atom. The van der Waals surface area contributed by atoms with E-state index in [1.54, 1.807) is 32.0 Å². The minimum absolute atomic E-state index is 0.106. The molecule has 0 atom stereocenters. The van der Waals surface area contributed by atoms with Crippen LogP contribution in [0.5, 0.6) is 0 Å². The van der Waals surface area contributed by atoms with Crippen LogP contribution in [0.3, 0.4) is 0 Å². The number of primary amides is 1. The number of para-hydroxylation sites is 1. The van der Waals surface area contributed by atoms with Gasteiger partial charge in [0.1, 0.15) is 10.4 Å². The van der Waals surface area contributed by atoms with Crippen molar-refractivity contribution in [1.29, 1.82) is 0 Å². The Labute approximate surface area is 113 Å². The molecule has 106 valence electrons. The fourth-order valence-corrected chi connectivity index (χ4v) is 2.43. The largest absolute Gasteiger partial charge is 0.371 e. The van der Waals surface area contributed by atoms with Gasteiger partial charge < -0.3 is 11.1 Å². The van der Waals surface area contributed by atoms with Crippen molar-refractivity contribution >= 4 is 21.6 Å². The standard InChI is InChI=1S/C12H19N3O3S/c1-12(2,11(13)16)14-9-7-5-6-8-10(9)19(17,18)15(3)4/h5-8,14H,1-4H3,(H2,13,16). The fourth-order valence-electron chi connectivity index (χ4n) is 1.39. The van der Waals surface area contributed by atoms with Crippen molar-refractivity contribution in [3.8, 4) is 0 Å². The highest BCUT2D eigenvalue weighted by Gasteiger charge is 2.28. The Kier molecular flexibility index (Phi) is 4.21. The van der Waals surface area contributed by atoms with Gasteiger partial charge in [0.15, 0.2) is 0 Å². The molecule has 0 saturated heterocycles. The van der Waals surface area contributed by atoms with Crippen molar-refractivity contribution in [1.82, 2.24) is 4.31 Å². The minimum Gasteiger partial charge on any atom is -0.371 e. The lowest BCUT2D eigenvalue weighted by Gasteiger charge is -2.25. The molecule has 1 aromatic rings. The highest BCUT2D eigenvalue weighted by molar-refractivity contribution is 7.89. The molecule has 0 aliphatic heterocycles. The first-order valence-corrected chi connectivity index (χ1v) is 7.12. The molecule has 1 rings (SSSR count). The summed E-state index contributed by atoms with van der Waals surface area (Å²) >= 11 is 0. The van der Waals surface area contributed by atoms with Crippen LogP contribution in [-0.2, 0) is 14.8 Å². The summed E-state index contributed by atoms with van der Waals surface area (Å²) in [4.78, 5) is 11.4. The van der Waals surface area contributed by atoms with E-state index in [1.807, 2.05) is 0 Å². The Hall–Kier alpha value is -1.60. The molecule has 0 fully saturated rings. The SMILES string of the molecule is CN(C)S(=O)(=O)c1ccccc1NC(C)(C)C(N)=O. The van der Waals surface area contributed by atoms with Crippen LogP contribution >= 0.6 is 0 Å². The molecular formula is C12H19N3O3S. The second-order valence-electron chi connectivity index (χ2n) is 4.90. The van der Waals surface area contributed by atoms with Crippen molar-refractivity contribution in [2.75, 3.05) is 19.4 Å². The van der Waals surface area contributed by atoms with Gasteiger partial charge in [0.25, 0.3) is 0 Å². The Balaban J connectivity index is 3.29. The fraction of sp³-hybridized carbons (Fsp3) is 0.417. The highest BCUT2D eigenvalue weighted by atomic mass is 32.2. The number of rotatable bonds is 5. The molecule has 1 amide bonds. The van der Waals surface area contributed by atoms with Gasteiger partial charge in [-0.05, 0) is 26.0 Å². The third-order valence-electron chi connectivity index (χ3n) is 2.71. The van der Waals surface area contributed by atoms with Crippen LogP contribution < -0.4 is 11.1 Å². The molecule has 0 aliphatic carbocycles. The lowest BCUT2D eigenvalue weighted by Crippen LogP contribution is -2.45. The van der Waals surface area contributed by atoms with Gasteiger partial charge in [-0.25, -0.2) is 12.7 Å². The van der Waals surface area contributed by atoms with Gasteiger partial charge in [0.05, 0.1) is 5.69 Å². The lowest BCUT2D eigenvalue weighted by molar-refractivity contribution is -0.121. The van der Waals surface area contributed by atoms with Crippen molar-refractivity contribution in [2.24, 2.45) is 5.73 Å². The van der Waals surface area contributed by atoms with E-state index in [-0.39, 0.29) is 4.90 Å². The average molecular weight is 285 g/mol. The van der Waals surface area contributed by atoms with Crippen LogP contribution in [0, 0.1) is 0 Å². The highest BCUT2D eigenvalue weighted by Crippen LogP contribution is 2.25. The number of nitrogens with zero attached hydrogens (tertiary/aromatic N) is 1. The molecule has 0 bridgehead atoms. The monoisotopic (exact) mass is 285 g/mol. The topological polar surface area (TPSA) is 92.5 Å². The molecule has 0 spiro atoms. The molecule has 0 heterocycles. The maximum Gasteiger partial charge on any atom is 0.244 e. The molecule has 0 radical (unpaired) electrons. The van der Waals surface area contributed by atoms with Crippen molar-refractivity contribution < 1.29 is 13.2 Å². The maximum atomic E-state index is 12.2. The van der Waals surface area contributed by atoms with E-state index in [9.17, 15) is 13.2 Å². The molecular weight excluding hydrogens is 266 g/mol. The minimum atomic E-state index is -3.59. The zero-order chi connectivity index (χ0) is 14.8. The van der Waals surface area contributed by atoms with Crippen LogP contribution in [0.4, 0.5) is 5.69 Å². The van der Waals surface area contributed by atoms with E-state index in [1.165, 1.54) is 20.2 Å². The van der Waals surface area contributed by atoms with Gasteiger partial charge in [0.2, 0.25) is 15.9 Å². The number of nitrogens with one attached hydrogen (secondary N) is 1. The number of carbonyl (C=O) groups is 1. The summed E-state index contributed by atoms with van der Waals surface area (Å²) in [6.45, 7) is 3.18. The molecule has 1 aromatic carbocycles. The van der Waals surface area contributed by atoms with Crippen LogP contribution in [-0.4, -0.2) is 38.3 Å². The molecule has 0 unspecified atom stereocenters. The van der Waals surface area contributed by atoms with Crippen molar-refractivity contribution in [3.05, 3.63) is 24.3 Å². The third-order valence-corrected chi connectivity index (χ3v) is 4.58. The summed E-state index contributed by atoms with van der Waals surface area (Å²) in [7, 11) is -0.687. The summed E-state index contributed by atoms with van der Waals surface area (Å²) < 4.78 is 25.5. The Morgan fingerprint density at radius 2 is 1.79 bits per heavy atom. The van der Waals surface area contributed by atoms with Gasteiger partial charge in [0, 0.05) is 14.1 Å². The van der Waals surface area contributed by atoms with Gasteiger partial charge in [-0.1, -0.05) is 12.1 Å². The number of sulfonamides is 1. The van der Waals surface area contributed by atoms with E-state index in [0.717, 1.165) is 4.31 Å². The molecule has 0 aromatic heterocycles. The first kappa shape index (κ1) is 15.5. The summed E-state index contributed by atoms with van der Waals surface area (Å²) in [5, 5.41) is 2.87. The lowest BCUT2D eigenvalue weighted by atomic mass is 10.0. The average Bonchev–Trinajstić information content (AvgIpc) is 2.28. The first-order chi connectivity index (χ1) is 8.59. The van der Waals surface area contributed by atoms with Gasteiger partial charge >= 0.3 is 0 Å². The summed E-state index contributed by atoms with van der Waals surface area (Å²) in [6, 6.07) is 6.39. The Morgan fingerprint density at radius 1 is 1.26 bits per heavy atom. The van der Waals surface area contributed by atoms with E-state index >= 15 is 0 Å². The first-order valence-electron chi connectivity index (χ1n) is 5.68. The number of hydrogen-bond acceptors (Lipinski definition) is 4. The zero-order valence-electron chi connectivity index (χ0n) is 11.5. The molecule has 19 heavy (non-hydrogen) atoms. The second-order valence-corrected chi connectivity index (χ2v) is 7.02. The molecule has 0 saturated carbocycles. The summed E-state index contributed by atoms with van der Waals surface area (Å²) in [5.74, 6) is -0.565. The van der Waals surface area contributed by atoms with Crippen LogP contribution in [0.25, 0.3) is 0 Å². The molecule has 7 heteroatoms. The number of anilines is 1. The number of carbonyl (C=O) groups excluding carboxylic acids is 1. The predicted molar refractivity (Wildman–Crippen MR) is 74.2 cm³/mol. The predicted octanol–water partition coefficient (Wildman–Crippen LogP) is 0.613. The van der Waals surface area contributed by atoms with Crippen molar-refractivity contribution in [3.63, 3.8) is 0 Å². The quantitative estimate of drug-likeness (QED) is 0.829. The van der Waals surface area contributed by atoms with Crippen LogP contribution in [0.1, 0.15) is 13.8 Å². The number of amides is 1. The smallest absolute Gasteiger partial charge is 0.244 e. The van der Waals surface area contributed by atoms with Crippen LogP contribution in [0.2, 0.25) is 0 Å². The van der Waals surface area contributed by atoms with Crippen LogP contribution in [0.15, 0.2) is 29.2 Å². The number of nitrogens with two attached hydrogens (primary N) is 1. The van der Waals surface area contributed by atoms with E-state index in [0.29, 0.717) is 5.69 Å². The van der Waals surface area contributed by atoms with E-state index in [4.69, 9.17) is 5.73 Å². The Bertz CT molecular complexity index is 580. The number of benzene rings is 1. The van der Waals surface area contributed by atoms with Gasteiger partial charge in [-0.15, -0.1) is 0 Å². The van der Waals surface area contributed by atoms with Gasteiger partial charge in [-0.2, -0.15) is 0 Å². The molecule has 0 aliphatic rings. The summed E-state index contributed by atoms with van der Waals surface area (Å²) in [6.07, 6.45) is 0. The second kappa shape index (κ2) is 5.18. The third kappa shape index (κ3) is 3.24. The summed E-state index contributed by atoms with van der Waals surface area (Å²) in [5.41, 5.74) is 4.58. The number of hydrogen-bond donors (Lipinski definition) is 2. The van der Waals surface area contributed by atoms with Crippen molar-refractivity contribution in [2.45, 2.75) is 24.3 Å². The molecule has 3 N–H and O–H groups in total. The van der Waals surface area contributed by atoms with Gasteiger partial charge in [-0.3, -0.25) is 4.79 Å².